The van der Waals surface area contributed by atoms with Crippen molar-refractivity contribution < 1.29 is 13.9 Å². The summed E-state index contributed by atoms with van der Waals surface area (Å²) < 4.78 is 10.2. The van der Waals surface area contributed by atoms with Crippen molar-refractivity contribution in [2.75, 3.05) is 20.3 Å². The SMILES string of the molecule is COCCCNC(=O)c1cc2c(ccc3ccccc32)oc1=O. The van der Waals surface area contributed by atoms with E-state index >= 15 is 0 Å². The Labute approximate surface area is 132 Å². The molecule has 1 N–H and O–H groups in total. The van der Waals surface area contributed by atoms with Crippen molar-refractivity contribution in [3.63, 3.8) is 0 Å². The summed E-state index contributed by atoms with van der Waals surface area (Å²) in [6.45, 7) is 0.997. The van der Waals surface area contributed by atoms with Gasteiger partial charge in [-0.25, -0.2) is 4.79 Å². The summed E-state index contributed by atoms with van der Waals surface area (Å²) >= 11 is 0. The van der Waals surface area contributed by atoms with Gasteiger partial charge >= 0.3 is 5.63 Å². The van der Waals surface area contributed by atoms with Crippen molar-refractivity contribution in [1.29, 1.82) is 0 Å². The molecule has 0 radical (unpaired) electrons. The maximum absolute atomic E-state index is 12.2. The number of amides is 1. The lowest BCUT2D eigenvalue weighted by atomic mass is 10.0. The molecule has 0 spiro atoms. The number of fused-ring (bicyclic) bond motifs is 3. The summed E-state index contributed by atoms with van der Waals surface area (Å²) in [7, 11) is 1.60. The molecule has 1 aromatic heterocycles. The minimum Gasteiger partial charge on any atom is -0.422 e. The zero-order chi connectivity index (χ0) is 16.2. The normalized spacial score (nSPS) is 11.0. The van der Waals surface area contributed by atoms with Crippen molar-refractivity contribution in [2.45, 2.75) is 6.42 Å². The molecule has 3 rings (SSSR count). The first-order valence-electron chi connectivity index (χ1n) is 7.43. The predicted octanol–water partition coefficient (Wildman–Crippen LogP) is 2.71. The Hall–Kier alpha value is -2.66. The maximum Gasteiger partial charge on any atom is 0.349 e. The molecule has 3 aromatic rings. The second-order valence-corrected chi connectivity index (χ2v) is 5.25. The van der Waals surface area contributed by atoms with Crippen LogP contribution in [0.4, 0.5) is 0 Å². The highest BCUT2D eigenvalue weighted by Gasteiger charge is 2.14. The largest absolute Gasteiger partial charge is 0.422 e. The molecule has 23 heavy (non-hydrogen) atoms. The van der Waals surface area contributed by atoms with Crippen LogP contribution in [0.25, 0.3) is 21.7 Å². The minimum atomic E-state index is -0.628. The lowest BCUT2D eigenvalue weighted by Gasteiger charge is -2.06. The highest BCUT2D eigenvalue weighted by molar-refractivity contribution is 6.07. The van der Waals surface area contributed by atoms with E-state index in [2.05, 4.69) is 5.32 Å². The van der Waals surface area contributed by atoms with Crippen LogP contribution in [0.15, 0.2) is 51.7 Å². The van der Waals surface area contributed by atoms with E-state index in [0.717, 1.165) is 16.2 Å². The van der Waals surface area contributed by atoms with E-state index in [1.165, 1.54) is 0 Å². The number of hydrogen-bond acceptors (Lipinski definition) is 4. The summed E-state index contributed by atoms with van der Waals surface area (Å²) in [5, 5.41) is 5.44. The van der Waals surface area contributed by atoms with Gasteiger partial charge in [0.1, 0.15) is 11.1 Å². The highest BCUT2D eigenvalue weighted by atomic mass is 16.5. The summed E-state index contributed by atoms with van der Waals surface area (Å²) in [6.07, 6.45) is 0.685. The van der Waals surface area contributed by atoms with E-state index in [4.69, 9.17) is 9.15 Å². The van der Waals surface area contributed by atoms with Crippen LogP contribution in [0.1, 0.15) is 16.8 Å². The summed E-state index contributed by atoms with van der Waals surface area (Å²) in [6, 6.07) is 13.0. The molecule has 0 unspecified atom stereocenters. The first-order valence-corrected chi connectivity index (χ1v) is 7.43. The third-order valence-electron chi connectivity index (χ3n) is 3.70. The van der Waals surface area contributed by atoms with E-state index in [1.807, 2.05) is 30.3 Å². The number of carbonyl (C=O) groups excluding carboxylic acids is 1. The monoisotopic (exact) mass is 311 g/mol. The molecular formula is C18H17NO4. The zero-order valence-electron chi connectivity index (χ0n) is 12.8. The van der Waals surface area contributed by atoms with E-state index in [9.17, 15) is 9.59 Å². The van der Waals surface area contributed by atoms with Gasteiger partial charge in [-0.05, 0) is 29.3 Å². The third-order valence-corrected chi connectivity index (χ3v) is 3.70. The Kier molecular flexibility index (Phi) is 4.39. The highest BCUT2D eigenvalue weighted by Crippen LogP contribution is 2.24. The van der Waals surface area contributed by atoms with Crippen LogP contribution in [0.3, 0.4) is 0 Å². The Morgan fingerprint density at radius 1 is 1.17 bits per heavy atom. The number of ether oxygens (including phenoxy) is 1. The lowest BCUT2D eigenvalue weighted by molar-refractivity contribution is 0.0945. The van der Waals surface area contributed by atoms with E-state index in [-0.39, 0.29) is 5.56 Å². The summed E-state index contributed by atoms with van der Waals surface area (Å²) in [5.41, 5.74) is -0.132. The Morgan fingerprint density at radius 2 is 2.00 bits per heavy atom. The first kappa shape index (κ1) is 15.2. The molecule has 0 bridgehead atoms. The van der Waals surface area contributed by atoms with Crippen LogP contribution in [0.2, 0.25) is 0 Å². The van der Waals surface area contributed by atoms with Crippen LogP contribution in [0.5, 0.6) is 0 Å². The lowest BCUT2D eigenvalue weighted by Crippen LogP contribution is -2.29. The van der Waals surface area contributed by atoms with Gasteiger partial charge in [0.05, 0.1) is 0 Å². The van der Waals surface area contributed by atoms with Crippen molar-refractivity contribution in [3.8, 4) is 0 Å². The number of rotatable bonds is 5. The first-order chi connectivity index (χ1) is 11.2. The number of nitrogens with one attached hydrogen (secondary N) is 1. The van der Waals surface area contributed by atoms with Crippen molar-refractivity contribution in [2.24, 2.45) is 0 Å². The Morgan fingerprint density at radius 3 is 2.83 bits per heavy atom. The molecule has 2 aromatic carbocycles. The van der Waals surface area contributed by atoms with Gasteiger partial charge in [0.25, 0.3) is 5.91 Å². The van der Waals surface area contributed by atoms with Gasteiger partial charge < -0.3 is 14.5 Å². The molecule has 0 atom stereocenters. The van der Waals surface area contributed by atoms with Gasteiger partial charge in [0.15, 0.2) is 0 Å². The molecule has 1 heterocycles. The molecular weight excluding hydrogens is 294 g/mol. The quantitative estimate of drug-likeness (QED) is 0.447. The molecule has 0 saturated carbocycles. The van der Waals surface area contributed by atoms with Crippen molar-refractivity contribution in [3.05, 3.63) is 58.4 Å². The third kappa shape index (κ3) is 3.10. The van der Waals surface area contributed by atoms with Crippen LogP contribution < -0.4 is 10.9 Å². The molecule has 0 fully saturated rings. The second-order valence-electron chi connectivity index (χ2n) is 5.25. The fourth-order valence-electron chi connectivity index (χ4n) is 2.54. The molecule has 0 aliphatic heterocycles. The van der Waals surface area contributed by atoms with Crippen molar-refractivity contribution in [1.82, 2.24) is 5.32 Å². The Bertz CT molecular complexity index is 914. The van der Waals surface area contributed by atoms with Crippen LogP contribution in [-0.4, -0.2) is 26.2 Å². The maximum atomic E-state index is 12.2. The molecule has 0 aliphatic carbocycles. The molecule has 0 aliphatic rings. The van der Waals surface area contributed by atoms with Crippen LogP contribution in [0, 0.1) is 0 Å². The molecule has 1 amide bonds. The van der Waals surface area contributed by atoms with Gasteiger partial charge in [-0.3, -0.25) is 4.79 Å². The predicted molar refractivity (Wildman–Crippen MR) is 88.8 cm³/mol. The molecule has 118 valence electrons. The summed E-state index contributed by atoms with van der Waals surface area (Å²) in [5.74, 6) is -0.426. The fraction of sp³-hybridized carbons (Fsp3) is 0.222. The van der Waals surface area contributed by atoms with Gasteiger partial charge in [-0.2, -0.15) is 0 Å². The van der Waals surface area contributed by atoms with Crippen LogP contribution in [-0.2, 0) is 4.74 Å². The van der Waals surface area contributed by atoms with Gasteiger partial charge in [0, 0.05) is 25.6 Å². The van der Waals surface area contributed by atoms with Crippen molar-refractivity contribution >= 4 is 27.6 Å². The van der Waals surface area contributed by atoms with E-state index in [0.29, 0.717) is 25.2 Å². The minimum absolute atomic E-state index is 0.0197. The standard InChI is InChI=1S/C18H17NO4/c1-22-10-4-9-19-17(20)15-11-14-13-6-3-2-5-12(13)7-8-16(14)23-18(15)21/h2-3,5-8,11H,4,9-10H2,1H3,(H,19,20). The second kappa shape index (κ2) is 6.62. The fourth-order valence-corrected chi connectivity index (χ4v) is 2.54. The average Bonchev–Trinajstić information content (AvgIpc) is 2.57. The number of hydrogen-bond donors (Lipinski definition) is 1. The number of methoxy groups -OCH3 is 1. The molecule has 5 nitrogen and oxygen atoms in total. The topological polar surface area (TPSA) is 68.5 Å². The Balaban J connectivity index is 2.00. The smallest absolute Gasteiger partial charge is 0.349 e. The molecule has 0 saturated heterocycles. The van der Waals surface area contributed by atoms with E-state index in [1.54, 1.807) is 19.2 Å². The van der Waals surface area contributed by atoms with Gasteiger partial charge in [-0.1, -0.05) is 30.3 Å². The number of benzene rings is 2. The van der Waals surface area contributed by atoms with E-state index < -0.39 is 11.5 Å². The van der Waals surface area contributed by atoms with Gasteiger partial charge in [-0.15, -0.1) is 0 Å². The van der Waals surface area contributed by atoms with Crippen LogP contribution >= 0.6 is 0 Å². The van der Waals surface area contributed by atoms with Gasteiger partial charge in [0.2, 0.25) is 0 Å². The molecule has 5 heteroatoms. The average molecular weight is 311 g/mol. The summed E-state index contributed by atoms with van der Waals surface area (Å²) in [4.78, 5) is 24.2. The number of carbonyl (C=O) groups is 1. The zero-order valence-corrected chi connectivity index (χ0v) is 12.8.